The van der Waals surface area contributed by atoms with Crippen LogP contribution in [-0.4, -0.2) is 44.1 Å². The molecule has 0 aliphatic heterocycles. The molecule has 1 atom stereocenters. The summed E-state index contributed by atoms with van der Waals surface area (Å²) < 4.78 is 16.5. The van der Waals surface area contributed by atoms with Crippen LogP contribution in [0.2, 0.25) is 5.02 Å². The molecular weight excluding hydrogens is 540 g/mol. The third kappa shape index (κ3) is 8.02. The number of halogens is 1. The van der Waals surface area contributed by atoms with Crippen molar-refractivity contribution in [3.8, 4) is 17.2 Å². The van der Waals surface area contributed by atoms with Gasteiger partial charge in [-0.3, -0.25) is 9.59 Å². The highest BCUT2D eigenvalue weighted by Crippen LogP contribution is 2.28. The van der Waals surface area contributed by atoms with Gasteiger partial charge in [0.05, 0.1) is 19.2 Å². The van der Waals surface area contributed by atoms with Gasteiger partial charge in [0.25, 0.3) is 5.91 Å². The molecule has 0 saturated carbocycles. The van der Waals surface area contributed by atoms with Gasteiger partial charge in [-0.2, -0.15) is 0 Å². The number of nitrogens with zero attached hydrogens (tertiary/aromatic N) is 1. The summed E-state index contributed by atoms with van der Waals surface area (Å²) in [5.74, 6) is 1.02. The van der Waals surface area contributed by atoms with Crippen LogP contribution in [0.5, 0.6) is 17.2 Å². The van der Waals surface area contributed by atoms with Crippen molar-refractivity contribution in [1.29, 1.82) is 0 Å². The smallest absolute Gasteiger partial charge is 0.261 e. The van der Waals surface area contributed by atoms with Crippen molar-refractivity contribution in [2.24, 2.45) is 0 Å². The fourth-order valence-electron chi connectivity index (χ4n) is 4.46. The number of amides is 2. The quantitative estimate of drug-likeness (QED) is 0.217. The summed E-state index contributed by atoms with van der Waals surface area (Å²) in [7, 11) is 3.17. The second-order valence-corrected chi connectivity index (χ2v) is 9.68. The molecule has 0 aliphatic rings. The maximum atomic E-state index is 13.8. The molecule has 0 unspecified atom stereocenters. The topological polar surface area (TPSA) is 77.1 Å². The molecule has 0 heterocycles. The van der Waals surface area contributed by atoms with Crippen molar-refractivity contribution >= 4 is 23.4 Å². The molecule has 4 aromatic carbocycles. The van der Waals surface area contributed by atoms with E-state index in [1.165, 1.54) is 0 Å². The lowest BCUT2D eigenvalue weighted by Crippen LogP contribution is -2.45. The van der Waals surface area contributed by atoms with Crippen LogP contribution >= 0.6 is 11.6 Å². The van der Waals surface area contributed by atoms with E-state index in [0.29, 0.717) is 40.8 Å². The number of para-hydroxylation sites is 1. The van der Waals surface area contributed by atoms with Gasteiger partial charge in [0.2, 0.25) is 5.91 Å². The molecular formula is C33H33ClN2O5. The minimum atomic E-state index is -0.885. The Morgan fingerprint density at radius 2 is 1.44 bits per heavy atom. The van der Waals surface area contributed by atoms with Crippen LogP contribution in [0, 0.1) is 0 Å². The summed E-state index contributed by atoms with van der Waals surface area (Å²) in [6, 6.07) is 30.6. The first-order valence-electron chi connectivity index (χ1n) is 13.2. The third-order valence-electron chi connectivity index (χ3n) is 6.54. The van der Waals surface area contributed by atoms with E-state index in [4.69, 9.17) is 25.8 Å². The summed E-state index contributed by atoms with van der Waals surface area (Å²) >= 11 is 6.24. The molecule has 4 aromatic rings. The zero-order valence-electron chi connectivity index (χ0n) is 23.1. The molecule has 0 aliphatic carbocycles. The van der Waals surface area contributed by atoms with Crippen molar-refractivity contribution in [2.75, 3.05) is 27.4 Å². The number of carbonyl (C=O) groups excluding carboxylic acids is 2. The van der Waals surface area contributed by atoms with Crippen molar-refractivity contribution in [1.82, 2.24) is 10.2 Å². The Labute approximate surface area is 245 Å². The van der Waals surface area contributed by atoms with Gasteiger partial charge in [0.15, 0.2) is 18.1 Å². The number of nitrogens with one attached hydrogen (secondary N) is 1. The van der Waals surface area contributed by atoms with E-state index in [1.807, 2.05) is 78.9 Å². The summed E-state index contributed by atoms with van der Waals surface area (Å²) in [4.78, 5) is 29.1. The molecule has 0 fully saturated rings. The predicted molar refractivity (Wildman–Crippen MR) is 159 cm³/mol. The van der Waals surface area contributed by atoms with Gasteiger partial charge in [0.1, 0.15) is 11.8 Å². The van der Waals surface area contributed by atoms with Gasteiger partial charge in [-0.05, 0) is 47.4 Å². The number of hydrogen-bond acceptors (Lipinski definition) is 5. The van der Waals surface area contributed by atoms with Gasteiger partial charge in [-0.25, -0.2) is 0 Å². The molecule has 2 amide bonds. The Morgan fingerprint density at radius 1 is 0.780 bits per heavy atom. The SMILES string of the molecule is COc1ccc(CCNC(=O)[C@@H](c2ccccc2)N(Cc2ccccc2)C(=O)COc2ccccc2Cl)cc1OC. The highest BCUT2D eigenvalue weighted by atomic mass is 35.5. The Kier molecular flexibility index (Phi) is 10.6. The van der Waals surface area contributed by atoms with Crippen LogP contribution in [0.25, 0.3) is 0 Å². The van der Waals surface area contributed by atoms with Crippen LogP contribution in [0.3, 0.4) is 0 Å². The monoisotopic (exact) mass is 572 g/mol. The lowest BCUT2D eigenvalue weighted by molar-refractivity contribution is -0.143. The van der Waals surface area contributed by atoms with Crippen LogP contribution in [-0.2, 0) is 22.6 Å². The Morgan fingerprint density at radius 3 is 2.12 bits per heavy atom. The Balaban J connectivity index is 1.56. The van der Waals surface area contributed by atoms with E-state index in [-0.39, 0.29) is 25.0 Å². The van der Waals surface area contributed by atoms with E-state index in [0.717, 1.165) is 11.1 Å². The average Bonchev–Trinajstić information content (AvgIpc) is 3.01. The van der Waals surface area contributed by atoms with Crippen LogP contribution in [0.15, 0.2) is 103 Å². The summed E-state index contributed by atoms with van der Waals surface area (Å²) in [5.41, 5.74) is 2.56. The highest BCUT2D eigenvalue weighted by molar-refractivity contribution is 6.32. The van der Waals surface area contributed by atoms with Crippen LogP contribution in [0.1, 0.15) is 22.7 Å². The normalized spacial score (nSPS) is 11.3. The molecule has 1 N–H and O–H groups in total. The van der Waals surface area contributed by atoms with E-state index >= 15 is 0 Å². The molecule has 212 valence electrons. The Bertz CT molecular complexity index is 1430. The molecule has 0 bridgehead atoms. The van der Waals surface area contributed by atoms with Crippen molar-refractivity contribution in [3.05, 3.63) is 125 Å². The van der Waals surface area contributed by atoms with Crippen LogP contribution < -0.4 is 19.5 Å². The van der Waals surface area contributed by atoms with Crippen molar-refractivity contribution in [3.63, 3.8) is 0 Å². The molecule has 0 spiro atoms. The number of hydrogen-bond donors (Lipinski definition) is 1. The first-order valence-corrected chi connectivity index (χ1v) is 13.6. The highest BCUT2D eigenvalue weighted by Gasteiger charge is 2.31. The number of rotatable bonds is 13. The van der Waals surface area contributed by atoms with E-state index in [2.05, 4.69) is 5.32 Å². The number of carbonyl (C=O) groups is 2. The standard InChI is InChI=1S/C33H33ClN2O5/c1-39-29-18-17-24(21-30(29)40-2)19-20-35-33(38)32(26-13-7-4-8-14-26)36(22-25-11-5-3-6-12-25)31(37)23-41-28-16-10-9-15-27(28)34/h3-18,21,32H,19-20,22-23H2,1-2H3,(H,35,38)/t32-/m1/s1. The van der Waals surface area contributed by atoms with E-state index in [9.17, 15) is 9.59 Å². The first kappa shape index (κ1) is 29.5. The van der Waals surface area contributed by atoms with Crippen molar-refractivity contribution in [2.45, 2.75) is 19.0 Å². The first-order chi connectivity index (χ1) is 20.0. The number of ether oxygens (including phenoxy) is 3. The zero-order chi connectivity index (χ0) is 29.0. The number of methoxy groups -OCH3 is 2. The molecule has 0 radical (unpaired) electrons. The lowest BCUT2D eigenvalue weighted by Gasteiger charge is -2.31. The second kappa shape index (κ2) is 14.8. The fraction of sp³-hybridized carbons (Fsp3) is 0.212. The lowest BCUT2D eigenvalue weighted by atomic mass is 10.0. The number of benzene rings is 4. The third-order valence-corrected chi connectivity index (χ3v) is 6.85. The molecule has 41 heavy (non-hydrogen) atoms. The second-order valence-electron chi connectivity index (χ2n) is 9.27. The van der Waals surface area contributed by atoms with Crippen LogP contribution in [0.4, 0.5) is 0 Å². The largest absolute Gasteiger partial charge is 0.493 e. The summed E-state index contributed by atoms with van der Waals surface area (Å²) in [5, 5.41) is 3.44. The maximum Gasteiger partial charge on any atom is 0.261 e. The predicted octanol–water partition coefficient (Wildman–Crippen LogP) is 5.87. The maximum absolute atomic E-state index is 13.8. The van der Waals surface area contributed by atoms with E-state index < -0.39 is 6.04 Å². The van der Waals surface area contributed by atoms with E-state index in [1.54, 1.807) is 43.4 Å². The Hall–Kier alpha value is -4.49. The van der Waals surface area contributed by atoms with Gasteiger partial charge in [-0.1, -0.05) is 90.5 Å². The fourth-order valence-corrected chi connectivity index (χ4v) is 4.65. The minimum Gasteiger partial charge on any atom is -0.493 e. The average molecular weight is 573 g/mol. The van der Waals surface area contributed by atoms with Gasteiger partial charge >= 0.3 is 0 Å². The minimum absolute atomic E-state index is 0.216. The summed E-state index contributed by atoms with van der Waals surface area (Å²) in [6.07, 6.45) is 0.565. The van der Waals surface area contributed by atoms with Gasteiger partial charge in [-0.15, -0.1) is 0 Å². The molecule has 0 aromatic heterocycles. The van der Waals surface area contributed by atoms with Gasteiger partial charge < -0.3 is 24.4 Å². The van der Waals surface area contributed by atoms with Gasteiger partial charge in [0, 0.05) is 13.1 Å². The summed E-state index contributed by atoms with van der Waals surface area (Å²) in [6.45, 7) is 0.300. The molecule has 8 heteroatoms. The molecule has 7 nitrogen and oxygen atoms in total. The molecule has 0 saturated heterocycles. The molecule has 4 rings (SSSR count). The van der Waals surface area contributed by atoms with Crippen molar-refractivity contribution < 1.29 is 23.8 Å². The zero-order valence-corrected chi connectivity index (χ0v) is 23.8.